The molecular formula is C13H14N2O2S. The third-order valence-corrected chi connectivity index (χ3v) is 3.63. The zero-order valence-electron chi connectivity index (χ0n) is 10.1. The smallest absolute Gasteiger partial charge is 0.180 e. The molecule has 94 valence electrons. The monoisotopic (exact) mass is 262 g/mol. The van der Waals surface area contributed by atoms with Gasteiger partial charge in [-0.2, -0.15) is 0 Å². The van der Waals surface area contributed by atoms with Gasteiger partial charge in [0.1, 0.15) is 0 Å². The number of anilines is 1. The number of aryl methyl sites for hydroxylation is 1. The Morgan fingerprint density at radius 2 is 2.00 bits per heavy atom. The predicted molar refractivity (Wildman–Crippen MR) is 72.3 cm³/mol. The Bertz CT molecular complexity index is 580. The van der Waals surface area contributed by atoms with Crippen LogP contribution in [-0.4, -0.2) is 18.2 Å². The third-order valence-electron chi connectivity index (χ3n) is 2.83. The lowest BCUT2D eigenvalue weighted by Crippen LogP contribution is -1.97. The van der Waals surface area contributed by atoms with E-state index in [1.54, 1.807) is 0 Å². The van der Waals surface area contributed by atoms with Crippen molar-refractivity contribution in [2.75, 3.05) is 18.9 Å². The van der Waals surface area contributed by atoms with Crippen molar-refractivity contribution in [2.24, 2.45) is 0 Å². The van der Waals surface area contributed by atoms with Crippen molar-refractivity contribution >= 4 is 16.5 Å². The van der Waals surface area contributed by atoms with Crippen LogP contribution in [0.15, 0.2) is 18.2 Å². The zero-order valence-corrected chi connectivity index (χ0v) is 10.9. The maximum Gasteiger partial charge on any atom is 0.180 e. The summed E-state index contributed by atoms with van der Waals surface area (Å²) in [6.07, 6.45) is 0.909. The van der Waals surface area contributed by atoms with Crippen LogP contribution in [0.4, 0.5) is 5.13 Å². The van der Waals surface area contributed by atoms with Gasteiger partial charge in [0.15, 0.2) is 16.6 Å². The van der Waals surface area contributed by atoms with Gasteiger partial charge < -0.3 is 15.2 Å². The number of aromatic nitrogens is 1. The molecule has 0 saturated heterocycles. The van der Waals surface area contributed by atoms with Gasteiger partial charge in [-0.15, -0.1) is 11.3 Å². The first-order valence-corrected chi connectivity index (χ1v) is 6.68. The van der Waals surface area contributed by atoms with Crippen molar-refractivity contribution in [2.45, 2.75) is 13.3 Å². The summed E-state index contributed by atoms with van der Waals surface area (Å²) >= 11 is 1.50. The number of hydrogen-bond acceptors (Lipinski definition) is 5. The SMILES string of the molecule is Cc1sc(N)nc1-c1ccc2c(c1)OCCCO2. The molecule has 0 fully saturated rings. The summed E-state index contributed by atoms with van der Waals surface area (Å²) in [4.78, 5) is 5.47. The van der Waals surface area contributed by atoms with E-state index in [2.05, 4.69) is 4.98 Å². The summed E-state index contributed by atoms with van der Waals surface area (Å²) in [7, 11) is 0. The van der Waals surface area contributed by atoms with Gasteiger partial charge in [-0.05, 0) is 25.1 Å². The fraction of sp³-hybridized carbons (Fsp3) is 0.308. The van der Waals surface area contributed by atoms with Crippen LogP contribution < -0.4 is 15.2 Å². The van der Waals surface area contributed by atoms with Crippen LogP contribution in [0.1, 0.15) is 11.3 Å². The quantitative estimate of drug-likeness (QED) is 0.858. The molecule has 0 radical (unpaired) electrons. The van der Waals surface area contributed by atoms with Crippen LogP contribution >= 0.6 is 11.3 Å². The number of fused-ring (bicyclic) bond motifs is 1. The highest BCUT2D eigenvalue weighted by molar-refractivity contribution is 7.15. The van der Waals surface area contributed by atoms with Crippen LogP contribution in [0, 0.1) is 6.92 Å². The Hall–Kier alpha value is -1.75. The molecule has 0 saturated carbocycles. The summed E-state index contributed by atoms with van der Waals surface area (Å²) in [5, 5.41) is 0.592. The highest BCUT2D eigenvalue weighted by Crippen LogP contribution is 2.36. The Morgan fingerprint density at radius 3 is 2.72 bits per heavy atom. The van der Waals surface area contributed by atoms with Crippen LogP contribution in [0.25, 0.3) is 11.3 Å². The summed E-state index contributed by atoms with van der Waals surface area (Å²) in [6.45, 7) is 3.41. The molecule has 0 unspecified atom stereocenters. The van der Waals surface area contributed by atoms with E-state index in [1.165, 1.54) is 11.3 Å². The van der Waals surface area contributed by atoms with Crippen LogP contribution in [-0.2, 0) is 0 Å². The highest BCUT2D eigenvalue weighted by Gasteiger charge is 2.14. The van der Waals surface area contributed by atoms with Crippen molar-refractivity contribution < 1.29 is 9.47 Å². The zero-order chi connectivity index (χ0) is 12.5. The second kappa shape index (κ2) is 4.49. The van der Waals surface area contributed by atoms with E-state index in [1.807, 2.05) is 25.1 Å². The van der Waals surface area contributed by atoms with E-state index in [-0.39, 0.29) is 0 Å². The Labute approximate surface area is 109 Å². The Kier molecular flexibility index (Phi) is 2.83. The summed E-state index contributed by atoms with van der Waals surface area (Å²) in [6, 6.07) is 5.90. The minimum Gasteiger partial charge on any atom is -0.490 e. The van der Waals surface area contributed by atoms with Crippen LogP contribution in [0.2, 0.25) is 0 Å². The average molecular weight is 262 g/mol. The molecule has 0 bridgehead atoms. The van der Waals surface area contributed by atoms with Crippen molar-refractivity contribution in [3.05, 3.63) is 23.1 Å². The molecule has 1 aromatic carbocycles. The van der Waals surface area contributed by atoms with Gasteiger partial charge in [0, 0.05) is 16.9 Å². The Balaban J connectivity index is 2.04. The van der Waals surface area contributed by atoms with Gasteiger partial charge in [0.05, 0.1) is 18.9 Å². The standard InChI is InChI=1S/C13H14N2O2S/c1-8-12(15-13(14)18-8)9-3-4-10-11(7-9)17-6-2-5-16-10/h3-4,7H,2,5-6H2,1H3,(H2,14,15). The first kappa shape index (κ1) is 11.3. The fourth-order valence-electron chi connectivity index (χ4n) is 2.00. The lowest BCUT2D eigenvalue weighted by Gasteiger charge is -2.08. The first-order chi connectivity index (χ1) is 8.74. The lowest BCUT2D eigenvalue weighted by atomic mass is 10.1. The van der Waals surface area contributed by atoms with Crippen LogP contribution in [0.5, 0.6) is 11.5 Å². The molecule has 18 heavy (non-hydrogen) atoms. The van der Waals surface area contributed by atoms with Crippen molar-refractivity contribution in [3.63, 3.8) is 0 Å². The molecular weight excluding hydrogens is 248 g/mol. The number of thiazole rings is 1. The molecule has 2 N–H and O–H groups in total. The molecule has 2 aromatic rings. The van der Waals surface area contributed by atoms with Crippen molar-refractivity contribution in [1.29, 1.82) is 0 Å². The number of nitrogens with zero attached hydrogens (tertiary/aromatic N) is 1. The fourth-order valence-corrected chi connectivity index (χ4v) is 2.71. The summed E-state index contributed by atoms with van der Waals surface area (Å²) < 4.78 is 11.3. The average Bonchev–Trinajstić information content (AvgIpc) is 2.58. The topological polar surface area (TPSA) is 57.4 Å². The van der Waals surface area contributed by atoms with E-state index >= 15 is 0 Å². The van der Waals surface area contributed by atoms with E-state index in [4.69, 9.17) is 15.2 Å². The molecule has 5 heteroatoms. The normalized spacial score (nSPS) is 14.3. The minimum atomic E-state index is 0.592. The molecule has 1 aromatic heterocycles. The van der Waals surface area contributed by atoms with Gasteiger partial charge in [0.25, 0.3) is 0 Å². The molecule has 0 amide bonds. The Morgan fingerprint density at radius 1 is 1.22 bits per heavy atom. The number of hydrogen-bond donors (Lipinski definition) is 1. The molecule has 0 atom stereocenters. The van der Waals surface area contributed by atoms with E-state index < -0.39 is 0 Å². The first-order valence-electron chi connectivity index (χ1n) is 5.87. The van der Waals surface area contributed by atoms with E-state index in [9.17, 15) is 0 Å². The third kappa shape index (κ3) is 2.01. The van der Waals surface area contributed by atoms with E-state index in [0.717, 1.165) is 34.1 Å². The second-order valence-electron chi connectivity index (χ2n) is 4.17. The van der Waals surface area contributed by atoms with Crippen LogP contribution in [0.3, 0.4) is 0 Å². The predicted octanol–water partition coefficient (Wildman–Crippen LogP) is 2.86. The number of ether oxygens (including phenoxy) is 2. The summed E-state index contributed by atoms with van der Waals surface area (Å²) in [5.41, 5.74) is 7.67. The number of rotatable bonds is 1. The maximum atomic E-state index is 5.73. The van der Waals surface area contributed by atoms with Gasteiger partial charge in [-0.1, -0.05) is 0 Å². The minimum absolute atomic E-state index is 0.592. The number of nitrogens with two attached hydrogens (primary N) is 1. The molecule has 2 heterocycles. The highest BCUT2D eigenvalue weighted by atomic mass is 32.1. The van der Waals surface area contributed by atoms with Crippen molar-refractivity contribution in [3.8, 4) is 22.8 Å². The van der Waals surface area contributed by atoms with Gasteiger partial charge >= 0.3 is 0 Å². The lowest BCUT2D eigenvalue weighted by molar-refractivity contribution is 0.297. The van der Waals surface area contributed by atoms with Gasteiger partial charge in [-0.3, -0.25) is 0 Å². The maximum absolute atomic E-state index is 5.73. The second-order valence-corrected chi connectivity index (χ2v) is 5.40. The molecule has 1 aliphatic heterocycles. The molecule has 3 rings (SSSR count). The summed E-state index contributed by atoms with van der Waals surface area (Å²) in [5.74, 6) is 1.59. The number of benzene rings is 1. The van der Waals surface area contributed by atoms with E-state index in [0.29, 0.717) is 18.3 Å². The molecule has 0 spiro atoms. The molecule has 4 nitrogen and oxygen atoms in total. The number of nitrogen functional groups attached to an aromatic ring is 1. The van der Waals surface area contributed by atoms with Gasteiger partial charge in [-0.25, -0.2) is 4.98 Å². The largest absolute Gasteiger partial charge is 0.490 e. The molecule has 1 aliphatic rings. The van der Waals surface area contributed by atoms with Gasteiger partial charge in [0.2, 0.25) is 0 Å². The molecule has 0 aliphatic carbocycles. The van der Waals surface area contributed by atoms with Crippen molar-refractivity contribution in [1.82, 2.24) is 4.98 Å².